The van der Waals surface area contributed by atoms with Crippen LogP contribution in [-0.2, 0) is 11.3 Å². The second kappa shape index (κ2) is 11.0. The van der Waals surface area contributed by atoms with Crippen molar-refractivity contribution in [1.29, 1.82) is 0 Å². The number of aromatic nitrogens is 2. The van der Waals surface area contributed by atoms with Gasteiger partial charge in [-0.1, -0.05) is 6.07 Å². The average molecular weight is 504 g/mol. The van der Waals surface area contributed by atoms with Crippen molar-refractivity contribution in [3.05, 3.63) is 66.0 Å². The molecule has 4 aromatic rings. The Morgan fingerprint density at radius 1 is 1.11 bits per heavy atom. The largest absolute Gasteiger partial charge is 0.455 e. The number of carbonyl (C=O) groups excluding carboxylic acids is 1. The highest BCUT2D eigenvalue weighted by Crippen LogP contribution is 2.39. The van der Waals surface area contributed by atoms with Gasteiger partial charge in [0.2, 0.25) is 0 Å². The lowest BCUT2D eigenvalue weighted by Gasteiger charge is -2.12. The van der Waals surface area contributed by atoms with Crippen LogP contribution in [0.2, 0.25) is 0 Å². The molecule has 1 aromatic carbocycles. The number of hydrogen-bond acceptors (Lipinski definition) is 7. The number of ether oxygens (including phenoxy) is 2. The number of urea groups is 1. The summed E-state index contributed by atoms with van der Waals surface area (Å²) in [7, 11) is 1.70. The molecule has 186 valence electrons. The lowest BCUT2D eigenvalue weighted by Crippen LogP contribution is -2.30. The topological polar surface area (TPSA) is 97.4 Å². The maximum absolute atomic E-state index is 12.0. The molecule has 0 unspecified atom stereocenters. The lowest BCUT2D eigenvalue weighted by atomic mass is 10.2. The molecular formula is C27H29N5O3S. The molecule has 9 heteroatoms. The number of benzene rings is 1. The van der Waals surface area contributed by atoms with Crippen molar-refractivity contribution in [2.24, 2.45) is 0 Å². The molecule has 0 atom stereocenters. The van der Waals surface area contributed by atoms with Gasteiger partial charge in [-0.25, -0.2) is 4.79 Å². The number of hydrogen-bond donors (Lipinski definition) is 3. The quantitative estimate of drug-likeness (QED) is 0.248. The summed E-state index contributed by atoms with van der Waals surface area (Å²) < 4.78 is 12.3. The number of aryl methyl sites for hydroxylation is 1. The van der Waals surface area contributed by atoms with Crippen molar-refractivity contribution in [2.45, 2.75) is 32.4 Å². The van der Waals surface area contributed by atoms with Gasteiger partial charge < -0.3 is 25.4 Å². The van der Waals surface area contributed by atoms with Crippen molar-refractivity contribution in [2.75, 3.05) is 25.6 Å². The number of thiophene rings is 1. The van der Waals surface area contributed by atoms with E-state index in [1.807, 2.05) is 49.5 Å². The average Bonchev–Trinajstić information content (AvgIpc) is 3.57. The molecule has 1 aliphatic carbocycles. The molecule has 2 amide bonds. The Kier molecular flexibility index (Phi) is 7.41. The molecular weight excluding hydrogens is 474 g/mol. The molecule has 0 bridgehead atoms. The lowest BCUT2D eigenvalue weighted by molar-refractivity contribution is 0.199. The van der Waals surface area contributed by atoms with E-state index in [4.69, 9.17) is 9.47 Å². The Morgan fingerprint density at radius 2 is 2.00 bits per heavy atom. The van der Waals surface area contributed by atoms with E-state index < -0.39 is 0 Å². The van der Waals surface area contributed by atoms with E-state index in [2.05, 4.69) is 32.0 Å². The number of nitrogens with zero attached hydrogens (tertiary/aromatic N) is 2. The Balaban J connectivity index is 1.29. The second-order valence-corrected chi connectivity index (χ2v) is 9.86. The summed E-state index contributed by atoms with van der Waals surface area (Å²) in [6, 6.07) is 13.8. The fourth-order valence-corrected chi connectivity index (χ4v) is 4.79. The summed E-state index contributed by atoms with van der Waals surface area (Å²) in [5.41, 5.74) is 4.56. The van der Waals surface area contributed by atoms with E-state index in [0.29, 0.717) is 12.6 Å². The molecule has 5 rings (SSSR count). The number of rotatable bonds is 10. The van der Waals surface area contributed by atoms with Gasteiger partial charge in [0.25, 0.3) is 0 Å². The summed E-state index contributed by atoms with van der Waals surface area (Å²) in [6.07, 6.45) is 5.76. The van der Waals surface area contributed by atoms with E-state index in [1.165, 1.54) is 0 Å². The molecule has 36 heavy (non-hydrogen) atoms. The van der Waals surface area contributed by atoms with Gasteiger partial charge in [-0.05, 0) is 61.2 Å². The summed E-state index contributed by atoms with van der Waals surface area (Å²) >= 11 is 1.61. The highest BCUT2D eigenvalue weighted by atomic mass is 32.1. The monoisotopic (exact) mass is 503 g/mol. The van der Waals surface area contributed by atoms with Crippen LogP contribution in [0.1, 0.15) is 24.0 Å². The van der Waals surface area contributed by atoms with Gasteiger partial charge in [-0.15, -0.1) is 11.3 Å². The molecule has 3 aromatic heterocycles. The van der Waals surface area contributed by atoms with Crippen LogP contribution in [-0.4, -0.2) is 42.3 Å². The predicted molar refractivity (Wildman–Crippen MR) is 143 cm³/mol. The third-order valence-corrected chi connectivity index (χ3v) is 6.99. The number of nitrogens with one attached hydrogen (secondary N) is 3. The van der Waals surface area contributed by atoms with Gasteiger partial charge in [-0.3, -0.25) is 9.97 Å². The number of anilines is 1. The first-order chi connectivity index (χ1) is 17.6. The standard InChI is InChI=1S/C27H29N5O3S/c1-17-13-20(32-27(33)31-19-4-5-19)6-8-23(17)35-24-9-10-29-22-14-25(36-26(22)24)21-7-3-18(16-30-21)15-28-11-12-34-2/h3,6-10,13-14,16,19,28H,4-5,11-12,15H2,1-2H3,(H2,31,32,33). The molecule has 0 spiro atoms. The van der Waals surface area contributed by atoms with Crippen LogP contribution in [0.4, 0.5) is 10.5 Å². The molecule has 1 fully saturated rings. The zero-order valence-corrected chi connectivity index (χ0v) is 21.2. The van der Waals surface area contributed by atoms with E-state index in [0.717, 1.165) is 75.0 Å². The summed E-state index contributed by atoms with van der Waals surface area (Å²) in [5, 5.41) is 9.14. The van der Waals surface area contributed by atoms with Crippen LogP contribution >= 0.6 is 11.3 Å². The van der Waals surface area contributed by atoms with Crippen molar-refractivity contribution in [3.63, 3.8) is 0 Å². The van der Waals surface area contributed by atoms with Crippen LogP contribution in [0.3, 0.4) is 0 Å². The molecule has 0 radical (unpaired) electrons. The van der Waals surface area contributed by atoms with Gasteiger partial charge in [0.1, 0.15) is 11.5 Å². The normalized spacial score (nSPS) is 13.1. The Hall–Kier alpha value is -3.53. The summed E-state index contributed by atoms with van der Waals surface area (Å²) in [6.45, 7) is 4.20. The number of amides is 2. The Labute approximate surface area is 214 Å². The van der Waals surface area contributed by atoms with E-state index in [9.17, 15) is 4.79 Å². The van der Waals surface area contributed by atoms with Crippen molar-refractivity contribution >= 4 is 33.3 Å². The number of fused-ring (bicyclic) bond motifs is 1. The Morgan fingerprint density at radius 3 is 2.75 bits per heavy atom. The highest BCUT2D eigenvalue weighted by molar-refractivity contribution is 7.22. The summed E-state index contributed by atoms with van der Waals surface area (Å²) in [5.74, 6) is 1.47. The first-order valence-electron chi connectivity index (χ1n) is 12.0. The van der Waals surface area contributed by atoms with Crippen molar-refractivity contribution < 1.29 is 14.3 Å². The Bertz CT molecular complexity index is 1350. The van der Waals surface area contributed by atoms with Crippen LogP contribution in [0.25, 0.3) is 20.8 Å². The van der Waals surface area contributed by atoms with Crippen LogP contribution in [0, 0.1) is 6.92 Å². The number of pyridine rings is 2. The van der Waals surface area contributed by atoms with Crippen molar-refractivity contribution in [3.8, 4) is 22.1 Å². The minimum atomic E-state index is -0.170. The molecule has 1 saturated carbocycles. The van der Waals surface area contributed by atoms with Gasteiger partial charge in [-0.2, -0.15) is 0 Å². The first kappa shape index (κ1) is 24.2. The maximum atomic E-state index is 12.0. The second-order valence-electron chi connectivity index (χ2n) is 8.81. The van der Waals surface area contributed by atoms with E-state index in [-0.39, 0.29) is 6.03 Å². The number of methoxy groups -OCH3 is 1. The maximum Gasteiger partial charge on any atom is 0.319 e. The molecule has 8 nitrogen and oxygen atoms in total. The fraction of sp³-hybridized carbons (Fsp3) is 0.296. The van der Waals surface area contributed by atoms with Gasteiger partial charge in [0, 0.05) is 50.4 Å². The third kappa shape index (κ3) is 5.99. The predicted octanol–water partition coefficient (Wildman–Crippen LogP) is 5.48. The minimum absolute atomic E-state index is 0.170. The van der Waals surface area contributed by atoms with Crippen molar-refractivity contribution in [1.82, 2.24) is 20.6 Å². The molecule has 3 N–H and O–H groups in total. The molecule has 1 aliphatic rings. The summed E-state index contributed by atoms with van der Waals surface area (Å²) in [4.78, 5) is 22.3. The zero-order valence-electron chi connectivity index (χ0n) is 20.3. The molecule has 0 aliphatic heterocycles. The van der Waals surface area contributed by atoms with Gasteiger partial charge in [0.15, 0.2) is 0 Å². The third-order valence-electron chi connectivity index (χ3n) is 5.83. The van der Waals surface area contributed by atoms with Gasteiger partial charge in [0.05, 0.1) is 27.4 Å². The highest BCUT2D eigenvalue weighted by Gasteiger charge is 2.23. The van der Waals surface area contributed by atoms with E-state index >= 15 is 0 Å². The van der Waals surface area contributed by atoms with E-state index in [1.54, 1.807) is 24.6 Å². The smallest absolute Gasteiger partial charge is 0.319 e. The zero-order chi connectivity index (χ0) is 24.9. The minimum Gasteiger partial charge on any atom is -0.455 e. The SMILES string of the molecule is COCCNCc1ccc(-c2cc3nccc(Oc4ccc(NC(=O)NC5CC5)cc4C)c3s2)nc1. The van der Waals surface area contributed by atoms with Crippen LogP contribution in [0.15, 0.2) is 54.9 Å². The molecule has 0 saturated heterocycles. The first-order valence-corrected chi connectivity index (χ1v) is 12.8. The fourth-order valence-electron chi connectivity index (χ4n) is 3.74. The molecule has 3 heterocycles. The van der Waals surface area contributed by atoms with Crippen LogP contribution < -0.4 is 20.7 Å². The van der Waals surface area contributed by atoms with Crippen LogP contribution in [0.5, 0.6) is 11.5 Å². The van der Waals surface area contributed by atoms with Gasteiger partial charge >= 0.3 is 6.03 Å². The number of carbonyl (C=O) groups is 1.